The largest absolute Gasteiger partial charge is 0.478 e. The fraction of sp³-hybridized carbons (Fsp3) is 0. The van der Waals surface area contributed by atoms with Gasteiger partial charge in [-0.1, -0.05) is 0 Å². The van der Waals surface area contributed by atoms with E-state index in [0.717, 1.165) is 6.07 Å². The molecule has 0 radical (unpaired) electrons. The Hall–Kier alpha value is -1.43. The van der Waals surface area contributed by atoms with Crippen LogP contribution in [0.4, 0.5) is 4.39 Å². The lowest BCUT2D eigenvalue weighted by Gasteiger charge is -2.03. The van der Waals surface area contributed by atoms with Crippen LogP contribution in [0.5, 0.6) is 0 Å². The lowest BCUT2D eigenvalue weighted by Crippen LogP contribution is -2.09. The molecule has 0 aliphatic rings. The molecule has 4 nitrogen and oxygen atoms in total. The first kappa shape index (κ1) is 10.6. The van der Waals surface area contributed by atoms with Crippen molar-refractivity contribution in [1.29, 1.82) is 0 Å². The minimum absolute atomic E-state index is 0.0950. The Labute approximate surface area is 86.1 Å². The van der Waals surface area contributed by atoms with Gasteiger partial charge in [-0.15, -0.1) is 0 Å². The maximum atomic E-state index is 12.7. The quantitative estimate of drug-likeness (QED) is 0.855. The zero-order chi connectivity index (χ0) is 10.9. The highest BCUT2D eigenvalue weighted by molar-refractivity contribution is 9.10. The molecule has 0 aliphatic heterocycles. The number of halogens is 2. The molecule has 0 spiro atoms. The van der Waals surface area contributed by atoms with E-state index in [0.29, 0.717) is 6.07 Å². The molecular weight excluding hydrogens is 259 g/mol. The highest BCUT2D eigenvalue weighted by atomic mass is 79.9. The van der Waals surface area contributed by atoms with Crippen LogP contribution in [-0.2, 0) is 0 Å². The number of carboxylic acid groups (broad SMARTS) is 2. The van der Waals surface area contributed by atoms with E-state index in [1.807, 2.05) is 0 Å². The number of carbonyl (C=O) groups is 2. The molecule has 0 aromatic heterocycles. The topological polar surface area (TPSA) is 74.6 Å². The smallest absolute Gasteiger partial charge is 0.337 e. The van der Waals surface area contributed by atoms with E-state index >= 15 is 0 Å². The van der Waals surface area contributed by atoms with Crippen molar-refractivity contribution < 1.29 is 24.2 Å². The van der Waals surface area contributed by atoms with Crippen LogP contribution in [0.15, 0.2) is 16.6 Å². The highest BCUT2D eigenvalue weighted by Crippen LogP contribution is 2.22. The Morgan fingerprint density at radius 3 is 2.21 bits per heavy atom. The Bertz CT molecular complexity index is 416. The summed E-state index contributed by atoms with van der Waals surface area (Å²) < 4.78 is 12.7. The minimum Gasteiger partial charge on any atom is -0.478 e. The van der Waals surface area contributed by atoms with E-state index in [4.69, 9.17) is 10.2 Å². The van der Waals surface area contributed by atoms with Crippen LogP contribution in [0, 0.1) is 5.82 Å². The minimum atomic E-state index is -1.48. The summed E-state index contributed by atoms with van der Waals surface area (Å²) in [5.41, 5.74) is -1.04. The Kier molecular flexibility index (Phi) is 2.85. The predicted molar refractivity (Wildman–Crippen MR) is 48.0 cm³/mol. The van der Waals surface area contributed by atoms with Gasteiger partial charge in [-0.3, -0.25) is 0 Å². The summed E-state index contributed by atoms with van der Waals surface area (Å²) in [6.07, 6.45) is 0. The third kappa shape index (κ3) is 1.90. The SMILES string of the molecule is O=C(O)c1cc(F)cc(Br)c1C(=O)O. The first-order chi connectivity index (χ1) is 6.43. The van der Waals surface area contributed by atoms with Crippen molar-refractivity contribution in [3.8, 4) is 0 Å². The van der Waals surface area contributed by atoms with Gasteiger partial charge in [0, 0.05) is 4.47 Å². The van der Waals surface area contributed by atoms with E-state index in [9.17, 15) is 14.0 Å². The van der Waals surface area contributed by atoms with Gasteiger partial charge in [-0.2, -0.15) is 0 Å². The molecule has 0 fully saturated rings. The van der Waals surface area contributed by atoms with Crippen LogP contribution in [0.25, 0.3) is 0 Å². The lowest BCUT2D eigenvalue weighted by molar-refractivity contribution is 0.0650. The summed E-state index contributed by atoms with van der Waals surface area (Å²) in [4.78, 5) is 21.2. The van der Waals surface area contributed by atoms with Gasteiger partial charge in [0.25, 0.3) is 0 Å². The summed E-state index contributed by atoms with van der Waals surface area (Å²) in [5, 5.41) is 17.3. The number of benzene rings is 1. The molecule has 6 heteroatoms. The maximum Gasteiger partial charge on any atom is 0.337 e. The van der Waals surface area contributed by atoms with E-state index in [-0.39, 0.29) is 4.47 Å². The van der Waals surface area contributed by atoms with Crippen molar-refractivity contribution in [2.24, 2.45) is 0 Å². The molecule has 0 saturated carbocycles. The lowest BCUT2D eigenvalue weighted by atomic mass is 10.1. The molecule has 0 atom stereocenters. The van der Waals surface area contributed by atoms with Crippen molar-refractivity contribution in [2.75, 3.05) is 0 Å². The fourth-order valence-electron chi connectivity index (χ4n) is 0.960. The number of hydrogen-bond acceptors (Lipinski definition) is 2. The fourth-order valence-corrected chi connectivity index (χ4v) is 1.56. The summed E-state index contributed by atoms with van der Waals surface area (Å²) in [6.45, 7) is 0. The normalized spacial score (nSPS) is 9.86. The third-order valence-electron chi connectivity index (χ3n) is 1.50. The molecule has 0 unspecified atom stereocenters. The average molecular weight is 263 g/mol. The second kappa shape index (κ2) is 3.75. The Morgan fingerprint density at radius 1 is 1.21 bits per heavy atom. The highest BCUT2D eigenvalue weighted by Gasteiger charge is 2.20. The number of aromatic carboxylic acids is 2. The van der Waals surface area contributed by atoms with Gasteiger partial charge in [0.1, 0.15) is 5.82 Å². The number of rotatable bonds is 2. The van der Waals surface area contributed by atoms with Crippen molar-refractivity contribution in [2.45, 2.75) is 0 Å². The average Bonchev–Trinajstić information content (AvgIpc) is 2.01. The zero-order valence-corrected chi connectivity index (χ0v) is 8.21. The molecular formula is C8H4BrFO4. The van der Waals surface area contributed by atoms with Gasteiger partial charge in [-0.25, -0.2) is 14.0 Å². The van der Waals surface area contributed by atoms with Crippen molar-refractivity contribution in [1.82, 2.24) is 0 Å². The summed E-state index contributed by atoms with van der Waals surface area (Å²) in [6, 6.07) is 1.56. The molecule has 0 heterocycles. The number of carboxylic acids is 2. The molecule has 2 N–H and O–H groups in total. The third-order valence-corrected chi connectivity index (χ3v) is 2.12. The first-order valence-corrected chi connectivity index (χ1v) is 4.18. The van der Waals surface area contributed by atoms with Crippen molar-refractivity contribution in [3.63, 3.8) is 0 Å². The van der Waals surface area contributed by atoms with E-state index in [1.54, 1.807) is 0 Å². The van der Waals surface area contributed by atoms with Gasteiger partial charge in [-0.05, 0) is 28.1 Å². The van der Waals surface area contributed by atoms with Crippen LogP contribution in [-0.4, -0.2) is 22.2 Å². The first-order valence-electron chi connectivity index (χ1n) is 3.39. The molecule has 1 rings (SSSR count). The zero-order valence-electron chi connectivity index (χ0n) is 6.62. The van der Waals surface area contributed by atoms with Gasteiger partial charge in [0.2, 0.25) is 0 Å². The Morgan fingerprint density at radius 2 is 1.79 bits per heavy atom. The molecule has 0 amide bonds. The predicted octanol–water partition coefficient (Wildman–Crippen LogP) is 1.98. The molecule has 0 aliphatic carbocycles. The summed E-state index contributed by atoms with van der Waals surface area (Å²) >= 11 is 2.78. The maximum absolute atomic E-state index is 12.7. The molecule has 1 aromatic rings. The molecule has 0 saturated heterocycles. The summed E-state index contributed by atoms with van der Waals surface area (Å²) in [5.74, 6) is -3.71. The summed E-state index contributed by atoms with van der Waals surface area (Å²) in [7, 11) is 0. The van der Waals surface area contributed by atoms with Crippen molar-refractivity contribution in [3.05, 3.63) is 33.5 Å². The van der Waals surface area contributed by atoms with E-state index in [1.165, 1.54) is 0 Å². The van der Waals surface area contributed by atoms with Crippen LogP contribution in [0.1, 0.15) is 20.7 Å². The van der Waals surface area contributed by atoms with E-state index < -0.39 is 28.9 Å². The number of hydrogen-bond donors (Lipinski definition) is 2. The monoisotopic (exact) mass is 262 g/mol. The van der Waals surface area contributed by atoms with E-state index in [2.05, 4.69) is 15.9 Å². The molecule has 0 bridgehead atoms. The Balaban J connectivity index is 3.52. The van der Waals surface area contributed by atoms with Crippen LogP contribution in [0.3, 0.4) is 0 Å². The van der Waals surface area contributed by atoms with Gasteiger partial charge >= 0.3 is 11.9 Å². The second-order valence-electron chi connectivity index (χ2n) is 2.42. The van der Waals surface area contributed by atoms with Crippen LogP contribution < -0.4 is 0 Å². The van der Waals surface area contributed by atoms with Gasteiger partial charge in [0.15, 0.2) is 0 Å². The van der Waals surface area contributed by atoms with Gasteiger partial charge < -0.3 is 10.2 Å². The second-order valence-corrected chi connectivity index (χ2v) is 3.27. The molecule has 74 valence electrons. The molecule has 1 aromatic carbocycles. The van der Waals surface area contributed by atoms with Gasteiger partial charge in [0.05, 0.1) is 11.1 Å². The van der Waals surface area contributed by atoms with Crippen molar-refractivity contribution >= 4 is 27.9 Å². The van der Waals surface area contributed by atoms with Crippen LogP contribution in [0.2, 0.25) is 0 Å². The van der Waals surface area contributed by atoms with Crippen LogP contribution >= 0.6 is 15.9 Å². The molecule has 14 heavy (non-hydrogen) atoms. The standard InChI is InChI=1S/C8H4BrFO4/c9-5-2-3(10)1-4(7(11)12)6(5)8(13)14/h1-2H,(H,11,12)(H,13,14).